The molecule has 2 aromatic carbocycles. The van der Waals surface area contributed by atoms with E-state index in [-0.39, 0.29) is 23.9 Å². The number of aromatic nitrogens is 1. The van der Waals surface area contributed by atoms with Crippen molar-refractivity contribution < 1.29 is 14.3 Å². The highest BCUT2D eigenvalue weighted by atomic mass is 35.5. The first-order valence-electron chi connectivity index (χ1n) is 11.5. The molecule has 3 N–H and O–H groups in total. The number of nitrogens with one attached hydrogen (secondary N) is 3. The lowest BCUT2D eigenvalue weighted by Gasteiger charge is -2.40. The van der Waals surface area contributed by atoms with Gasteiger partial charge in [-0.05, 0) is 55.0 Å². The van der Waals surface area contributed by atoms with Gasteiger partial charge in [-0.1, -0.05) is 17.7 Å². The van der Waals surface area contributed by atoms with Gasteiger partial charge in [-0.3, -0.25) is 9.78 Å². The fourth-order valence-corrected chi connectivity index (χ4v) is 4.90. The fourth-order valence-electron chi connectivity index (χ4n) is 4.78. The summed E-state index contributed by atoms with van der Waals surface area (Å²) in [5, 5.41) is 9.55. The molecule has 0 spiro atoms. The molecule has 1 fully saturated rings. The zero-order valence-corrected chi connectivity index (χ0v) is 20.0. The number of carbonyl (C=O) groups excluding carboxylic acids is 2. The first kappa shape index (κ1) is 23.0. The summed E-state index contributed by atoms with van der Waals surface area (Å²) in [6.45, 7) is 1.91. The lowest BCUT2D eigenvalue weighted by molar-refractivity contribution is 0.0965. The van der Waals surface area contributed by atoms with E-state index in [0.29, 0.717) is 29.5 Å². The van der Waals surface area contributed by atoms with E-state index < -0.39 is 0 Å². The highest BCUT2D eigenvalue weighted by Gasteiger charge is 2.34. The molecule has 1 aromatic heterocycles. The predicted molar refractivity (Wildman–Crippen MR) is 135 cm³/mol. The molecule has 180 valence electrons. The van der Waals surface area contributed by atoms with Gasteiger partial charge in [-0.2, -0.15) is 0 Å². The maximum atomic E-state index is 12.8. The van der Waals surface area contributed by atoms with E-state index >= 15 is 0 Å². The van der Waals surface area contributed by atoms with Gasteiger partial charge < -0.3 is 25.6 Å². The van der Waals surface area contributed by atoms with Gasteiger partial charge in [0.05, 0.1) is 13.3 Å². The van der Waals surface area contributed by atoms with Crippen molar-refractivity contribution in [3.63, 3.8) is 0 Å². The molecule has 0 radical (unpaired) electrons. The van der Waals surface area contributed by atoms with Gasteiger partial charge in [0.2, 0.25) is 0 Å². The van der Waals surface area contributed by atoms with E-state index in [1.54, 1.807) is 37.6 Å². The molecule has 2 atom stereocenters. The van der Waals surface area contributed by atoms with Crippen LogP contribution in [0.3, 0.4) is 0 Å². The largest absolute Gasteiger partial charge is 0.495 e. The van der Waals surface area contributed by atoms with Crippen molar-refractivity contribution in [1.29, 1.82) is 0 Å². The topological polar surface area (TPSA) is 95.6 Å². The quantitative estimate of drug-likeness (QED) is 0.498. The minimum Gasteiger partial charge on any atom is -0.495 e. The van der Waals surface area contributed by atoms with E-state index in [2.05, 4.69) is 31.9 Å². The number of urea groups is 1. The van der Waals surface area contributed by atoms with Crippen molar-refractivity contribution in [3.8, 4) is 5.75 Å². The summed E-state index contributed by atoms with van der Waals surface area (Å²) >= 11 is 5.95. The summed E-state index contributed by atoms with van der Waals surface area (Å²) in [7, 11) is 1.61. The molecule has 2 unspecified atom stereocenters. The highest BCUT2D eigenvalue weighted by molar-refractivity contribution is 6.30. The van der Waals surface area contributed by atoms with Crippen LogP contribution < -0.4 is 25.6 Å². The van der Waals surface area contributed by atoms with Crippen LogP contribution in [0, 0.1) is 0 Å². The second-order valence-corrected chi connectivity index (χ2v) is 9.10. The Morgan fingerprint density at radius 3 is 2.74 bits per heavy atom. The molecule has 3 heterocycles. The average molecular weight is 492 g/mol. The Morgan fingerprint density at radius 2 is 2.00 bits per heavy atom. The van der Waals surface area contributed by atoms with Crippen LogP contribution in [-0.2, 0) is 6.54 Å². The number of fused-ring (bicyclic) bond motifs is 1. The molecule has 1 saturated heterocycles. The predicted octanol–water partition coefficient (Wildman–Crippen LogP) is 4.17. The summed E-state index contributed by atoms with van der Waals surface area (Å²) in [5.41, 5.74) is 4.33. The van der Waals surface area contributed by atoms with Crippen molar-refractivity contribution >= 4 is 34.9 Å². The van der Waals surface area contributed by atoms with Gasteiger partial charge in [-0.25, -0.2) is 4.79 Å². The minimum atomic E-state index is -0.278. The summed E-state index contributed by atoms with van der Waals surface area (Å²) < 4.78 is 5.27. The van der Waals surface area contributed by atoms with E-state index in [1.807, 2.05) is 24.3 Å². The van der Waals surface area contributed by atoms with Crippen LogP contribution in [0.1, 0.15) is 34.0 Å². The van der Waals surface area contributed by atoms with E-state index in [0.717, 1.165) is 35.5 Å². The van der Waals surface area contributed by atoms with Crippen molar-refractivity contribution in [3.05, 3.63) is 82.6 Å². The number of nitrogens with zero attached hydrogens (tertiary/aromatic N) is 2. The lowest BCUT2D eigenvalue weighted by atomic mass is 9.88. The number of benzene rings is 2. The third kappa shape index (κ3) is 4.88. The molecule has 3 aromatic rings. The van der Waals surface area contributed by atoms with Crippen LogP contribution in [0.25, 0.3) is 0 Å². The monoisotopic (exact) mass is 491 g/mol. The SMILES string of the molecule is COc1ccc(C2CN(c3cccc4c3CNC4=O)CCC2NC(=O)Nc2ccc(Cl)cc2)nc1. The molecule has 35 heavy (non-hydrogen) atoms. The Morgan fingerprint density at radius 1 is 1.17 bits per heavy atom. The Labute approximate surface area is 208 Å². The Balaban J connectivity index is 1.38. The molecule has 0 saturated carbocycles. The molecule has 2 aliphatic rings. The van der Waals surface area contributed by atoms with Crippen LogP contribution in [0.15, 0.2) is 60.8 Å². The molecule has 0 aliphatic carbocycles. The third-order valence-electron chi connectivity index (χ3n) is 6.57. The standard InChI is InChI=1S/C26H26ClN5O3/c1-35-18-9-10-22(28-13-18)21-15-32(24-4-2-3-19-20(24)14-29-25(19)33)12-11-23(21)31-26(34)30-17-7-5-16(27)6-8-17/h2-10,13,21,23H,11-12,14-15H2,1H3,(H,29,33)(H2,30,31,34). The number of anilines is 2. The second kappa shape index (κ2) is 9.84. The molecular formula is C26H26ClN5O3. The zero-order chi connectivity index (χ0) is 24.4. The number of halogens is 1. The Bertz CT molecular complexity index is 1230. The van der Waals surface area contributed by atoms with E-state index in [9.17, 15) is 9.59 Å². The molecule has 5 rings (SSSR count). The zero-order valence-electron chi connectivity index (χ0n) is 19.3. The first-order chi connectivity index (χ1) is 17.0. The normalized spacial score (nSPS) is 19.0. The van der Waals surface area contributed by atoms with Crippen LogP contribution in [-0.4, -0.2) is 43.2 Å². The van der Waals surface area contributed by atoms with Crippen LogP contribution >= 0.6 is 11.6 Å². The number of methoxy groups -OCH3 is 1. The molecule has 3 amide bonds. The summed E-state index contributed by atoms with van der Waals surface area (Å²) in [5.74, 6) is 0.578. The lowest BCUT2D eigenvalue weighted by Crippen LogP contribution is -2.51. The van der Waals surface area contributed by atoms with E-state index in [4.69, 9.17) is 16.3 Å². The van der Waals surface area contributed by atoms with Gasteiger partial charge in [0.1, 0.15) is 5.75 Å². The molecule has 8 nitrogen and oxygen atoms in total. The number of amides is 3. The van der Waals surface area contributed by atoms with Gasteiger partial charge >= 0.3 is 6.03 Å². The van der Waals surface area contributed by atoms with Gasteiger partial charge in [0.15, 0.2) is 0 Å². The summed E-state index contributed by atoms with van der Waals surface area (Å²) in [6.07, 6.45) is 2.42. The molecule has 2 aliphatic heterocycles. The minimum absolute atomic E-state index is 0.0364. The number of hydrogen-bond acceptors (Lipinski definition) is 5. The number of piperidine rings is 1. The summed E-state index contributed by atoms with van der Waals surface area (Å²) in [6, 6.07) is 16.2. The Kier molecular flexibility index (Phi) is 6.46. The molecular weight excluding hydrogens is 466 g/mol. The summed E-state index contributed by atoms with van der Waals surface area (Å²) in [4.78, 5) is 31.9. The smallest absolute Gasteiger partial charge is 0.319 e. The molecule has 9 heteroatoms. The van der Waals surface area contributed by atoms with Gasteiger partial charge in [0, 0.05) is 64.8 Å². The fraction of sp³-hybridized carbons (Fsp3) is 0.269. The maximum absolute atomic E-state index is 12.8. The number of pyridine rings is 1. The van der Waals surface area contributed by atoms with Crippen molar-refractivity contribution in [1.82, 2.24) is 15.6 Å². The average Bonchev–Trinajstić information content (AvgIpc) is 3.26. The second-order valence-electron chi connectivity index (χ2n) is 8.66. The third-order valence-corrected chi connectivity index (χ3v) is 6.82. The van der Waals surface area contributed by atoms with Gasteiger partial charge in [-0.15, -0.1) is 0 Å². The van der Waals surface area contributed by atoms with Crippen molar-refractivity contribution in [2.24, 2.45) is 0 Å². The van der Waals surface area contributed by atoms with Crippen molar-refractivity contribution in [2.75, 3.05) is 30.4 Å². The number of carbonyl (C=O) groups is 2. The first-order valence-corrected chi connectivity index (χ1v) is 11.9. The number of hydrogen-bond donors (Lipinski definition) is 3. The highest BCUT2D eigenvalue weighted by Crippen LogP contribution is 2.34. The number of rotatable bonds is 5. The van der Waals surface area contributed by atoms with Gasteiger partial charge in [0.25, 0.3) is 5.91 Å². The van der Waals surface area contributed by atoms with Crippen LogP contribution in [0.2, 0.25) is 5.02 Å². The van der Waals surface area contributed by atoms with Crippen LogP contribution in [0.5, 0.6) is 5.75 Å². The van der Waals surface area contributed by atoms with E-state index in [1.165, 1.54) is 0 Å². The van der Waals surface area contributed by atoms with Crippen molar-refractivity contribution in [2.45, 2.75) is 24.9 Å². The van der Waals surface area contributed by atoms with Crippen LogP contribution in [0.4, 0.5) is 16.2 Å². The maximum Gasteiger partial charge on any atom is 0.319 e. The number of ether oxygens (including phenoxy) is 1. The Hall–Kier alpha value is -3.78. The molecule has 0 bridgehead atoms.